The SMILES string of the molecule is COc1ccc(C(O)/C(=C\C(F)(F)F)[Si](C)(C)c2ccccc2)cc1. The fourth-order valence-electron chi connectivity index (χ4n) is 2.76. The lowest BCUT2D eigenvalue weighted by Gasteiger charge is -2.31. The van der Waals surface area contributed by atoms with Crippen molar-refractivity contribution in [1.82, 2.24) is 0 Å². The van der Waals surface area contributed by atoms with Crippen molar-refractivity contribution in [1.29, 1.82) is 0 Å². The maximum absolute atomic E-state index is 13.2. The predicted molar refractivity (Wildman–Crippen MR) is 95.6 cm³/mol. The van der Waals surface area contributed by atoms with Crippen LogP contribution in [-0.2, 0) is 0 Å². The number of halogens is 3. The summed E-state index contributed by atoms with van der Waals surface area (Å²) >= 11 is 0. The number of alkyl halides is 3. The monoisotopic (exact) mass is 366 g/mol. The lowest BCUT2D eigenvalue weighted by molar-refractivity contribution is -0.0809. The number of allylic oxidation sites excluding steroid dienone is 1. The third-order valence-electron chi connectivity index (χ3n) is 4.26. The second kappa shape index (κ2) is 7.45. The quantitative estimate of drug-likeness (QED) is 0.796. The fourth-order valence-corrected chi connectivity index (χ4v) is 5.50. The van der Waals surface area contributed by atoms with E-state index in [0.29, 0.717) is 11.3 Å². The molecule has 0 fully saturated rings. The molecule has 2 nitrogen and oxygen atoms in total. The molecule has 1 N–H and O–H groups in total. The number of aliphatic hydroxyl groups is 1. The van der Waals surface area contributed by atoms with Gasteiger partial charge in [0.25, 0.3) is 0 Å². The molecule has 0 spiro atoms. The van der Waals surface area contributed by atoms with E-state index >= 15 is 0 Å². The summed E-state index contributed by atoms with van der Waals surface area (Å²) in [4.78, 5) is 0. The fraction of sp³-hybridized carbons (Fsp3) is 0.263. The highest BCUT2D eigenvalue weighted by molar-refractivity contribution is 6.95. The predicted octanol–water partition coefficient (Wildman–Crippen LogP) is 4.37. The van der Waals surface area contributed by atoms with E-state index in [9.17, 15) is 18.3 Å². The van der Waals surface area contributed by atoms with Crippen LogP contribution in [0.5, 0.6) is 5.75 Å². The first-order chi connectivity index (χ1) is 11.6. The van der Waals surface area contributed by atoms with Crippen LogP contribution in [0.1, 0.15) is 11.7 Å². The van der Waals surface area contributed by atoms with Gasteiger partial charge in [-0.05, 0) is 22.9 Å². The molecule has 0 saturated carbocycles. The summed E-state index contributed by atoms with van der Waals surface area (Å²) in [5.74, 6) is 0.580. The maximum atomic E-state index is 13.2. The van der Waals surface area contributed by atoms with E-state index in [2.05, 4.69) is 0 Å². The lowest BCUT2D eigenvalue weighted by Crippen LogP contribution is -2.46. The number of rotatable bonds is 5. The van der Waals surface area contributed by atoms with Gasteiger partial charge in [-0.25, -0.2) is 0 Å². The largest absolute Gasteiger partial charge is 0.497 e. The zero-order valence-corrected chi connectivity index (χ0v) is 15.3. The number of methoxy groups -OCH3 is 1. The summed E-state index contributed by atoms with van der Waals surface area (Å²) in [6, 6.07) is 15.5. The number of ether oxygens (including phenoxy) is 1. The molecule has 0 heterocycles. The second-order valence-corrected chi connectivity index (χ2v) is 10.7. The van der Waals surface area contributed by atoms with E-state index < -0.39 is 20.4 Å². The highest BCUT2D eigenvalue weighted by Crippen LogP contribution is 2.33. The summed E-state index contributed by atoms with van der Waals surface area (Å²) < 4.78 is 44.5. The Morgan fingerprint density at radius 2 is 1.60 bits per heavy atom. The van der Waals surface area contributed by atoms with Crippen LogP contribution in [0.4, 0.5) is 13.2 Å². The van der Waals surface area contributed by atoms with Crippen LogP contribution < -0.4 is 9.92 Å². The van der Waals surface area contributed by atoms with Gasteiger partial charge in [0.15, 0.2) is 0 Å². The van der Waals surface area contributed by atoms with Gasteiger partial charge in [-0.1, -0.05) is 60.7 Å². The molecule has 2 aromatic carbocycles. The van der Waals surface area contributed by atoms with Crippen LogP contribution >= 0.6 is 0 Å². The summed E-state index contributed by atoms with van der Waals surface area (Å²) in [6.45, 7) is 3.62. The van der Waals surface area contributed by atoms with Gasteiger partial charge in [0.2, 0.25) is 0 Å². The maximum Gasteiger partial charge on any atom is 0.409 e. The molecule has 0 aromatic heterocycles. The number of hydrogen-bond donors (Lipinski definition) is 1. The van der Waals surface area contributed by atoms with Gasteiger partial charge < -0.3 is 9.84 Å². The Balaban J connectivity index is 2.51. The summed E-state index contributed by atoms with van der Waals surface area (Å²) in [5, 5.41) is 11.6. The Kier molecular flexibility index (Phi) is 5.75. The van der Waals surface area contributed by atoms with Crippen LogP contribution in [0.15, 0.2) is 65.9 Å². The second-order valence-electron chi connectivity index (χ2n) is 6.31. The number of aliphatic hydroxyl groups excluding tert-OH is 1. The highest BCUT2D eigenvalue weighted by Gasteiger charge is 2.37. The van der Waals surface area contributed by atoms with Gasteiger partial charge in [0.05, 0.1) is 13.2 Å². The van der Waals surface area contributed by atoms with Crippen molar-refractivity contribution in [3.63, 3.8) is 0 Å². The molecule has 0 aliphatic heterocycles. The first-order valence-corrected chi connectivity index (χ1v) is 10.8. The Morgan fingerprint density at radius 3 is 2.08 bits per heavy atom. The minimum atomic E-state index is -4.50. The zero-order valence-electron chi connectivity index (χ0n) is 14.3. The van der Waals surface area contributed by atoms with Gasteiger partial charge in [-0.2, -0.15) is 13.2 Å². The van der Waals surface area contributed by atoms with E-state index in [1.807, 2.05) is 31.3 Å². The van der Waals surface area contributed by atoms with E-state index in [0.717, 1.165) is 5.19 Å². The highest BCUT2D eigenvalue weighted by atomic mass is 28.3. The van der Waals surface area contributed by atoms with Gasteiger partial charge in [-0.15, -0.1) is 0 Å². The Morgan fingerprint density at radius 1 is 1.04 bits per heavy atom. The Labute approximate surface area is 146 Å². The van der Waals surface area contributed by atoms with Crippen LogP contribution in [0.25, 0.3) is 0 Å². The molecule has 0 bridgehead atoms. The molecule has 1 unspecified atom stereocenters. The lowest BCUT2D eigenvalue weighted by atomic mass is 10.1. The Hall–Kier alpha value is -2.05. The minimum Gasteiger partial charge on any atom is -0.497 e. The Bertz CT molecular complexity index is 723. The van der Waals surface area contributed by atoms with Crippen molar-refractivity contribution in [2.75, 3.05) is 7.11 Å². The minimum absolute atomic E-state index is 0.0244. The molecule has 6 heteroatoms. The van der Waals surface area contributed by atoms with E-state index in [-0.39, 0.29) is 11.3 Å². The first kappa shape index (κ1) is 19.3. The molecular weight excluding hydrogens is 345 g/mol. The van der Waals surface area contributed by atoms with Crippen LogP contribution in [0, 0.1) is 0 Å². The van der Waals surface area contributed by atoms with Gasteiger partial charge >= 0.3 is 6.18 Å². The normalized spacial score (nSPS) is 14.3. The number of hydrogen-bond acceptors (Lipinski definition) is 2. The molecular formula is C19H21F3O2Si. The first-order valence-electron chi connectivity index (χ1n) is 7.82. The third-order valence-corrected chi connectivity index (χ3v) is 7.90. The average molecular weight is 366 g/mol. The van der Waals surface area contributed by atoms with Crippen molar-refractivity contribution >= 4 is 13.3 Å². The molecule has 0 aliphatic carbocycles. The topological polar surface area (TPSA) is 29.5 Å². The van der Waals surface area contributed by atoms with Gasteiger partial charge in [-0.3, -0.25) is 0 Å². The van der Waals surface area contributed by atoms with Crippen LogP contribution in [0.3, 0.4) is 0 Å². The zero-order chi connectivity index (χ0) is 18.7. The molecule has 2 aromatic rings. The van der Waals surface area contributed by atoms with Gasteiger partial charge in [0.1, 0.15) is 13.8 Å². The van der Waals surface area contributed by atoms with Crippen molar-refractivity contribution in [3.05, 3.63) is 71.4 Å². The molecule has 0 amide bonds. The van der Waals surface area contributed by atoms with E-state index in [1.54, 1.807) is 36.4 Å². The third kappa shape index (κ3) is 4.73. The molecule has 0 radical (unpaired) electrons. The molecule has 0 aliphatic rings. The molecule has 0 saturated heterocycles. The average Bonchev–Trinajstić information content (AvgIpc) is 2.59. The molecule has 2 rings (SSSR count). The number of benzene rings is 2. The molecule has 1 atom stereocenters. The van der Waals surface area contributed by atoms with Gasteiger partial charge in [0, 0.05) is 6.08 Å². The molecule has 25 heavy (non-hydrogen) atoms. The van der Waals surface area contributed by atoms with E-state index in [4.69, 9.17) is 4.74 Å². The van der Waals surface area contributed by atoms with Crippen molar-refractivity contribution in [3.8, 4) is 5.75 Å². The van der Waals surface area contributed by atoms with Crippen molar-refractivity contribution < 1.29 is 23.0 Å². The van der Waals surface area contributed by atoms with Crippen LogP contribution in [-0.4, -0.2) is 26.5 Å². The summed E-state index contributed by atoms with van der Waals surface area (Å²) in [6.07, 6.45) is -5.56. The smallest absolute Gasteiger partial charge is 0.409 e. The standard InChI is InChI=1S/C19H21F3O2Si/c1-24-15-11-9-14(10-12-15)18(23)17(13-19(20,21)22)25(2,3)16-7-5-4-6-8-16/h4-13,18,23H,1-3H3/b17-13+. The summed E-state index contributed by atoms with van der Waals surface area (Å²) in [5.41, 5.74) is 0.410. The summed E-state index contributed by atoms with van der Waals surface area (Å²) in [7, 11) is -1.22. The van der Waals surface area contributed by atoms with Crippen LogP contribution in [0.2, 0.25) is 13.1 Å². The molecule has 134 valence electrons. The van der Waals surface area contributed by atoms with E-state index in [1.165, 1.54) is 7.11 Å². The van der Waals surface area contributed by atoms with Crippen molar-refractivity contribution in [2.45, 2.75) is 25.4 Å². The van der Waals surface area contributed by atoms with Crippen molar-refractivity contribution in [2.24, 2.45) is 0 Å².